The van der Waals surface area contributed by atoms with E-state index >= 15 is 0 Å². The topological polar surface area (TPSA) is 87.7 Å². The van der Waals surface area contributed by atoms with Crippen molar-refractivity contribution in [2.75, 3.05) is 23.9 Å². The van der Waals surface area contributed by atoms with Gasteiger partial charge in [0.25, 0.3) is 0 Å². The largest absolute Gasteiger partial charge is 0.465 e. The first-order chi connectivity index (χ1) is 13.4. The fourth-order valence-electron chi connectivity index (χ4n) is 3.13. The highest BCUT2D eigenvalue weighted by molar-refractivity contribution is 6.03. The number of urea groups is 1. The highest BCUT2D eigenvalue weighted by Crippen LogP contribution is 2.24. The standard InChI is InChI=1S/C21H23N3O4/c1-13-7-8-17(11-14(13)2)24-10-9-18(19(24)25)23-21(27)22-16-6-4-5-15(12-16)20(26)28-3/h4-8,11-12,18H,9-10H2,1-3H3,(H2,22,23,27)/t18-/m0/s1. The van der Waals surface area contributed by atoms with Crippen LogP contribution in [0.4, 0.5) is 16.2 Å². The molecule has 28 heavy (non-hydrogen) atoms. The second-order valence-electron chi connectivity index (χ2n) is 6.77. The summed E-state index contributed by atoms with van der Waals surface area (Å²) in [6.45, 7) is 4.57. The number of rotatable bonds is 4. The molecule has 0 aliphatic carbocycles. The SMILES string of the molecule is COC(=O)c1cccc(NC(=O)N[C@H]2CCN(c3ccc(C)c(C)c3)C2=O)c1. The van der Waals surface area contributed by atoms with Gasteiger partial charge < -0.3 is 20.3 Å². The zero-order valence-electron chi connectivity index (χ0n) is 16.1. The van der Waals surface area contributed by atoms with E-state index in [0.717, 1.165) is 11.3 Å². The number of methoxy groups -OCH3 is 1. The minimum Gasteiger partial charge on any atom is -0.465 e. The number of hydrogen-bond donors (Lipinski definition) is 2. The van der Waals surface area contributed by atoms with Crippen molar-refractivity contribution in [3.63, 3.8) is 0 Å². The van der Waals surface area contributed by atoms with Crippen molar-refractivity contribution in [3.05, 3.63) is 59.2 Å². The van der Waals surface area contributed by atoms with E-state index in [1.165, 1.54) is 18.7 Å². The zero-order valence-corrected chi connectivity index (χ0v) is 16.1. The molecule has 2 aromatic carbocycles. The average molecular weight is 381 g/mol. The van der Waals surface area contributed by atoms with E-state index in [0.29, 0.717) is 24.2 Å². The quantitative estimate of drug-likeness (QED) is 0.797. The van der Waals surface area contributed by atoms with E-state index < -0.39 is 18.0 Å². The van der Waals surface area contributed by atoms with Gasteiger partial charge in [0.15, 0.2) is 0 Å². The molecule has 0 aromatic heterocycles. The molecular formula is C21H23N3O4. The van der Waals surface area contributed by atoms with E-state index in [2.05, 4.69) is 15.4 Å². The van der Waals surface area contributed by atoms with Gasteiger partial charge in [0.05, 0.1) is 12.7 Å². The van der Waals surface area contributed by atoms with Crippen LogP contribution in [0, 0.1) is 13.8 Å². The van der Waals surface area contributed by atoms with Crippen LogP contribution in [-0.4, -0.2) is 37.6 Å². The molecule has 2 aromatic rings. The van der Waals surface area contributed by atoms with Crippen LogP contribution in [0.25, 0.3) is 0 Å². The Balaban J connectivity index is 1.63. The Labute approximate surface area is 163 Å². The third-order valence-corrected chi connectivity index (χ3v) is 4.85. The molecule has 0 bridgehead atoms. The van der Waals surface area contributed by atoms with Gasteiger partial charge in [0, 0.05) is 17.9 Å². The van der Waals surface area contributed by atoms with Crippen molar-refractivity contribution in [2.24, 2.45) is 0 Å². The van der Waals surface area contributed by atoms with Gasteiger partial charge in [-0.15, -0.1) is 0 Å². The number of hydrogen-bond acceptors (Lipinski definition) is 4. The maximum atomic E-state index is 12.7. The third kappa shape index (κ3) is 4.14. The molecule has 1 aliphatic heterocycles. The number of esters is 1. The van der Waals surface area contributed by atoms with Crippen LogP contribution in [0.3, 0.4) is 0 Å². The highest BCUT2D eigenvalue weighted by atomic mass is 16.5. The number of nitrogens with one attached hydrogen (secondary N) is 2. The Morgan fingerprint density at radius 1 is 1.11 bits per heavy atom. The normalized spacial score (nSPS) is 16.0. The van der Waals surface area contributed by atoms with Crippen molar-refractivity contribution < 1.29 is 19.1 Å². The molecule has 0 radical (unpaired) electrons. The number of carbonyl (C=O) groups excluding carboxylic acids is 3. The number of ether oxygens (including phenoxy) is 1. The Kier molecular flexibility index (Phi) is 5.63. The molecule has 3 amide bonds. The van der Waals surface area contributed by atoms with Crippen LogP contribution < -0.4 is 15.5 Å². The molecule has 0 unspecified atom stereocenters. The molecule has 1 atom stereocenters. The summed E-state index contributed by atoms with van der Waals surface area (Å²) in [5, 5.41) is 5.36. The molecule has 2 N–H and O–H groups in total. The first kappa shape index (κ1) is 19.4. The van der Waals surface area contributed by atoms with Gasteiger partial charge in [0.2, 0.25) is 5.91 Å². The highest BCUT2D eigenvalue weighted by Gasteiger charge is 2.33. The Morgan fingerprint density at radius 2 is 1.89 bits per heavy atom. The van der Waals surface area contributed by atoms with Crippen molar-refractivity contribution in [3.8, 4) is 0 Å². The van der Waals surface area contributed by atoms with Gasteiger partial charge in [-0.05, 0) is 61.7 Å². The van der Waals surface area contributed by atoms with Crippen LogP contribution in [-0.2, 0) is 9.53 Å². The molecule has 1 heterocycles. The lowest BCUT2D eigenvalue weighted by atomic mass is 10.1. The number of carbonyl (C=O) groups is 3. The second-order valence-corrected chi connectivity index (χ2v) is 6.77. The predicted molar refractivity (Wildman–Crippen MR) is 107 cm³/mol. The maximum Gasteiger partial charge on any atom is 0.337 e. The van der Waals surface area contributed by atoms with E-state index in [1.54, 1.807) is 23.1 Å². The summed E-state index contributed by atoms with van der Waals surface area (Å²) < 4.78 is 4.67. The molecule has 0 saturated carbocycles. The van der Waals surface area contributed by atoms with E-state index in [-0.39, 0.29) is 5.91 Å². The number of nitrogens with zero attached hydrogens (tertiary/aromatic N) is 1. The molecule has 1 aliphatic rings. The lowest BCUT2D eigenvalue weighted by molar-refractivity contribution is -0.118. The Hall–Kier alpha value is -3.35. The second kappa shape index (κ2) is 8.12. The molecule has 7 nitrogen and oxygen atoms in total. The molecule has 146 valence electrons. The fourth-order valence-corrected chi connectivity index (χ4v) is 3.13. The Bertz CT molecular complexity index is 926. The van der Waals surface area contributed by atoms with E-state index in [1.807, 2.05) is 32.0 Å². The summed E-state index contributed by atoms with van der Waals surface area (Å²) in [7, 11) is 1.29. The smallest absolute Gasteiger partial charge is 0.337 e. The van der Waals surface area contributed by atoms with Crippen LogP contribution >= 0.6 is 0 Å². The van der Waals surface area contributed by atoms with Crippen molar-refractivity contribution in [1.29, 1.82) is 0 Å². The van der Waals surface area contributed by atoms with Gasteiger partial charge >= 0.3 is 12.0 Å². The number of benzene rings is 2. The van der Waals surface area contributed by atoms with Crippen LogP contribution in [0.15, 0.2) is 42.5 Å². The lowest BCUT2D eigenvalue weighted by Gasteiger charge is -2.18. The molecular weight excluding hydrogens is 358 g/mol. The molecule has 7 heteroatoms. The third-order valence-electron chi connectivity index (χ3n) is 4.85. The average Bonchev–Trinajstić information content (AvgIpc) is 3.03. The van der Waals surface area contributed by atoms with Crippen molar-refractivity contribution in [1.82, 2.24) is 5.32 Å². The van der Waals surface area contributed by atoms with Crippen LogP contribution in [0.2, 0.25) is 0 Å². The first-order valence-electron chi connectivity index (χ1n) is 9.03. The minimum atomic E-state index is -0.592. The Morgan fingerprint density at radius 3 is 2.61 bits per heavy atom. The van der Waals surface area contributed by atoms with Gasteiger partial charge in [-0.1, -0.05) is 12.1 Å². The fraction of sp³-hybridized carbons (Fsp3) is 0.286. The number of amides is 3. The first-order valence-corrected chi connectivity index (χ1v) is 9.03. The minimum absolute atomic E-state index is 0.137. The summed E-state index contributed by atoms with van der Waals surface area (Å²) in [4.78, 5) is 38.3. The van der Waals surface area contributed by atoms with Gasteiger partial charge in [-0.3, -0.25) is 4.79 Å². The van der Waals surface area contributed by atoms with Crippen LogP contribution in [0.5, 0.6) is 0 Å². The predicted octanol–water partition coefficient (Wildman–Crippen LogP) is 3.02. The van der Waals surface area contributed by atoms with Crippen molar-refractivity contribution >= 4 is 29.3 Å². The summed E-state index contributed by atoms with van der Waals surface area (Å²) in [5.74, 6) is -0.624. The summed E-state index contributed by atoms with van der Waals surface area (Å²) >= 11 is 0. The van der Waals surface area contributed by atoms with Crippen LogP contribution in [0.1, 0.15) is 27.9 Å². The lowest BCUT2D eigenvalue weighted by Crippen LogP contribution is -2.43. The maximum absolute atomic E-state index is 12.7. The monoisotopic (exact) mass is 381 g/mol. The number of aryl methyl sites for hydroxylation is 2. The number of anilines is 2. The summed E-state index contributed by atoms with van der Waals surface area (Å²) in [5.41, 5.74) is 3.89. The zero-order chi connectivity index (χ0) is 20.3. The van der Waals surface area contributed by atoms with E-state index in [4.69, 9.17) is 0 Å². The molecule has 3 rings (SSSR count). The van der Waals surface area contributed by atoms with Gasteiger partial charge in [0.1, 0.15) is 6.04 Å². The van der Waals surface area contributed by atoms with Crippen molar-refractivity contribution in [2.45, 2.75) is 26.3 Å². The molecule has 0 spiro atoms. The summed E-state index contributed by atoms with van der Waals surface area (Å²) in [6.07, 6.45) is 0.529. The molecule has 1 saturated heterocycles. The van der Waals surface area contributed by atoms with Gasteiger partial charge in [-0.2, -0.15) is 0 Å². The molecule has 1 fully saturated rings. The van der Waals surface area contributed by atoms with Gasteiger partial charge in [-0.25, -0.2) is 9.59 Å². The summed E-state index contributed by atoms with van der Waals surface area (Å²) in [6, 6.07) is 11.2. The van der Waals surface area contributed by atoms with E-state index in [9.17, 15) is 14.4 Å².